The highest BCUT2D eigenvalue weighted by molar-refractivity contribution is 5.38. The zero-order valence-corrected chi connectivity index (χ0v) is 22.2. The molecule has 0 aromatic rings. The minimum absolute atomic E-state index is 0.00888. The largest absolute Gasteiger partial charge is 0.393 e. The van der Waals surface area contributed by atoms with Gasteiger partial charge in [-0.05, 0) is 111 Å². The van der Waals surface area contributed by atoms with Gasteiger partial charge in [0.15, 0.2) is 0 Å². The second kappa shape index (κ2) is 7.98. The third-order valence-electron chi connectivity index (χ3n) is 11.8. The van der Waals surface area contributed by atoms with E-state index in [1.807, 2.05) is 0 Å². The number of allylic oxidation sites excluding steroid dienone is 3. The Bertz CT molecular complexity index is 802. The number of hydrogen-bond donors (Lipinski definition) is 2. The Morgan fingerprint density at radius 2 is 1.66 bits per heavy atom. The predicted octanol–water partition coefficient (Wildman–Crippen LogP) is 7.45. The van der Waals surface area contributed by atoms with E-state index in [9.17, 15) is 10.2 Å². The van der Waals surface area contributed by atoms with Gasteiger partial charge in [0.1, 0.15) is 0 Å². The molecule has 0 spiro atoms. The third kappa shape index (κ3) is 3.33. The van der Waals surface area contributed by atoms with Gasteiger partial charge < -0.3 is 10.2 Å². The van der Waals surface area contributed by atoms with E-state index in [0.717, 1.165) is 19.3 Å². The van der Waals surface area contributed by atoms with Crippen molar-refractivity contribution >= 4 is 0 Å². The summed E-state index contributed by atoms with van der Waals surface area (Å²) in [6.07, 6.45) is 12.2. The van der Waals surface area contributed by atoms with Crippen molar-refractivity contribution in [1.29, 1.82) is 0 Å². The van der Waals surface area contributed by atoms with Gasteiger partial charge >= 0.3 is 0 Å². The second-order valence-electron chi connectivity index (χ2n) is 13.7. The molecule has 0 amide bonds. The molecule has 0 aromatic carbocycles. The Balaban J connectivity index is 1.67. The molecule has 4 aliphatic carbocycles. The standard InChI is InChI=1S/C30H50O2/c1-19(2)9-11-24(31)20(3)21-13-17-30(8)23-10-12-25-27(4,5)26(32)15-16-28(25,6)22(23)14-18-29(21,30)7/h9,20-21,24-26,31-32H,10-18H2,1-8H3/t20-,21+,24-,25?,26-,28+,29+,30-/m0/s1. The van der Waals surface area contributed by atoms with Gasteiger partial charge in [-0.2, -0.15) is 0 Å². The molecule has 182 valence electrons. The van der Waals surface area contributed by atoms with Crippen LogP contribution >= 0.6 is 0 Å². The summed E-state index contributed by atoms with van der Waals surface area (Å²) in [5, 5.41) is 21.9. The van der Waals surface area contributed by atoms with Crippen LogP contribution in [0.25, 0.3) is 0 Å². The average molecular weight is 443 g/mol. The maximum absolute atomic E-state index is 11.0. The molecule has 0 aliphatic heterocycles. The molecule has 0 heterocycles. The van der Waals surface area contributed by atoms with Crippen LogP contribution in [0.1, 0.15) is 113 Å². The molecule has 0 radical (unpaired) electrons. The fourth-order valence-corrected chi connectivity index (χ4v) is 9.40. The van der Waals surface area contributed by atoms with E-state index in [1.54, 1.807) is 11.1 Å². The molecule has 0 saturated heterocycles. The Morgan fingerprint density at radius 1 is 0.969 bits per heavy atom. The van der Waals surface area contributed by atoms with Crippen molar-refractivity contribution in [3.8, 4) is 0 Å². The number of aliphatic hydroxyl groups is 2. The lowest BCUT2D eigenvalue weighted by atomic mass is 9.43. The molecule has 0 aromatic heterocycles. The minimum Gasteiger partial charge on any atom is -0.393 e. The summed E-state index contributed by atoms with van der Waals surface area (Å²) in [5.41, 5.74) is 5.70. The van der Waals surface area contributed by atoms with E-state index in [-0.39, 0.29) is 33.9 Å². The fourth-order valence-electron chi connectivity index (χ4n) is 9.40. The van der Waals surface area contributed by atoms with Crippen LogP contribution in [0, 0.1) is 39.4 Å². The Kier molecular flexibility index (Phi) is 6.11. The number of hydrogen-bond acceptors (Lipinski definition) is 2. The average Bonchev–Trinajstić information content (AvgIpc) is 3.00. The molecule has 2 N–H and O–H groups in total. The second-order valence-corrected chi connectivity index (χ2v) is 13.7. The van der Waals surface area contributed by atoms with Crippen molar-refractivity contribution < 1.29 is 10.2 Å². The van der Waals surface area contributed by atoms with Crippen LogP contribution in [0.5, 0.6) is 0 Å². The van der Waals surface area contributed by atoms with Gasteiger partial charge in [0.25, 0.3) is 0 Å². The van der Waals surface area contributed by atoms with Crippen molar-refractivity contribution in [3.05, 3.63) is 22.8 Å². The van der Waals surface area contributed by atoms with Gasteiger partial charge in [-0.15, -0.1) is 0 Å². The Labute approximate surface area is 198 Å². The molecule has 2 saturated carbocycles. The maximum atomic E-state index is 11.0. The van der Waals surface area contributed by atoms with Crippen molar-refractivity contribution in [2.24, 2.45) is 39.4 Å². The summed E-state index contributed by atoms with van der Waals surface area (Å²) in [6, 6.07) is 0. The van der Waals surface area contributed by atoms with Crippen LogP contribution in [-0.2, 0) is 0 Å². The fraction of sp³-hybridized carbons (Fsp3) is 0.867. The quantitative estimate of drug-likeness (QED) is 0.444. The molecular weight excluding hydrogens is 392 g/mol. The Morgan fingerprint density at radius 3 is 2.31 bits per heavy atom. The minimum atomic E-state index is -0.238. The molecule has 0 bridgehead atoms. The predicted molar refractivity (Wildman–Crippen MR) is 134 cm³/mol. The zero-order valence-electron chi connectivity index (χ0n) is 22.2. The van der Waals surface area contributed by atoms with Gasteiger partial charge in [-0.3, -0.25) is 0 Å². The van der Waals surface area contributed by atoms with Crippen LogP contribution in [0.2, 0.25) is 0 Å². The lowest BCUT2D eigenvalue weighted by Gasteiger charge is -2.62. The third-order valence-corrected chi connectivity index (χ3v) is 11.8. The van der Waals surface area contributed by atoms with Crippen molar-refractivity contribution in [1.82, 2.24) is 0 Å². The monoisotopic (exact) mass is 442 g/mol. The maximum Gasteiger partial charge on any atom is 0.0603 e. The summed E-state index contributed by atoms with van der Waals surface area (Å²) in [5.74, 6) is 1.53. The van der Waals surface area contributed by atoms with Crippen molar-refractivity contribution in [2.45, 2.75) is 125 Å². The van der Waals surface area contributed by atoms with E-state index in [0.29, 0.717) is 17.8 Å². The van der Waals surface area contributed by atoms with E-state index in [2.05, 4.69) is 61.5 Å². The SMILES string of the molecule is CC(C)=CC[C@H](O)[C@@H](C)[C@H]1CC[C@@]2(C)C3=C(CC[C@]12C)[C@@]1(C)CC[C@H](O)C(C)(C)C1CC3. The highest BCUT2D eigenvalue weighted by Gasteiger charge is 2.63. The molecule has 2 fully saturated rings. The van der Waals surface area contributed by atoms with Crippen molar-refractivity contribution in [2.75, 3.05) is 0 Å². The number of aliphatic hydroxyl groups excluding tert-OH is 2. The summed E-state index contributed by atoms with van der Waals surface area (Å²) >= 11 is 0. The summed E-state index contributed by atoms with van der Waals surface area (Å²) < 4.78 is 0. The summed E-state index contributed by atoms with van der Waals surface area (Å²) in [6.45, 7) is 18.9. The van der Waals surface area contributed by atoms with Gasteiger partial charge in [-0.25, -0.2) is 0 Å². The van der Waals surface area contributed by atoms with Crippen LogP contribution in [0.3, 0.4) is 0 Å². The lowest BCUT2D eigenvalue weighted by Crippen LogP contribution is -2.55. The first kappa shape index (κ1) is 24.5. The molecule has 2 heteroatoms. The summed E-state index contributed by atoms with van der Waals surface area (Å²) in [7, 11) is 0. The smallest absolute Gasteiger partial charge is 0.0603 e. The zero-order chi connectivity index (χ0) is 23.7. The first-order valence-corrected chi connectivity index (χ1v) is 13.5. The normalized spacial score (nSPS) is 44.9. The molecule has 32 heavy (non-hydrogen) atoms. The Hall–Kier alpha value is -0.600. The van der Waals surface area contributed by atoms with Crippen molar-refractivity contribution in [3.63, 3.8) is 0 Å². The van der Waals surface area contributed by atoms with Crippen LogP contribution in [0.4, 0.5) is 0 Å². The topological polar surface area (TPSA) is 40.5 Å². The molecule has 2 nitrogen and oxygen atoms in total. The first-order valence-electron chi connectivity index (χ1n) is 13.5. The van der Waals surface area contributed by atoms with E-state index in [4.69, 9.17) is 0 Å². The van der Waals surface area contributed by atoms with Crippen LogP contribution < -0.4 is 0 Å². The number of rotatable bonds is 4. The first-order chi connectivity index (χ1) is 14.8. The van der Waals surface area contributed by atoms with Gasteiger partial charge in [-0.1, -0.05) is 64.3 Å². The van der Waals surface area contributed by atoms with Gasteiger partial charge in [0.2, 0.25) is 0 Å². The van der Waals surface area contributed by atoms with E-state index in [1.165, 1.54) is 44.1 Å². The molecule has 4 rings (SSSR count). The highest BCUT2D eigenvalue weighted by atomic mass is 16.3. The van der Waals surface area contributed by atoms with Crippen LogP contribution in [-0.4, -0.2) is 22.4 Å². The number of fused-ring (bicyclic) bond motifs is 4. The van der Waals surface area contributed by atoms with Crippen LogP contribution in [0.15, 0.2) is 22.8 Å². The highest BCUT2D eigenvalue weighted by Crippen LogP contribution is 2.72. The summed E-state index contributed by atoms with van der Waals surface area (Å²) in [4.78, 5) is 0. The van der Waals surface area contributed by atoms with E-state index < -0.39 is 0 Å². The van der Waals surface area contributed by atoms with Gasteiger partial charge in [0.05, 0.1) is 12.2 Å². The molecule has 8 atom stereocenters. The molecule has 4 aliphatic rings. The molecular formula is C30H50O2. The molecule has 1 unspecified atom stereocenters. The lowest BCUT2D eigenvalue weighted by molar-refractivity contribution is -0.0969. The van der Waals surface area contributed by atoms with E-state index >= 15 is 0 Å². The van der Waals surface area contributed by atoms with Gasteiger partial charge in [0, 0.05) is 0 Å².